The minimum atomic E-state index is 0.644. The molecule has 1 rings (SSSR count). The summed E-state index contributed by atoms with van der Waals surface area (Å²) in [6.07, 6.45) is 9.82. The molecule has 0 radical (unpaired) electrons. The Balaban J connectivity index is 3.31. The third-order valence-electron chi connectivity index (χ3n) is 2.17. The van der Waals surface area contributed by atoms with E-state index in [4.69, 9.17) is 0 Å². The fourth-order valence-electron chi connectivity index (χ4n) is 1.63. The van der Waals surface area contributed by atoms with E-state index in [1.165, 1.54) is 10.6 Å². The molecule has 0 fully saturated rings. The van der Waals surface area contributed by atoms with E-state index in [2.05, 4.69) is 43.7 Å². The van der Waals surface area contributed by atoms with Crippen LogP contribution in [0, 0.1) is 0 Å². The van der Waals surface area contributed by atoms with Gasteiger partial charge in [-0.05, 0) is 23.6 Å². The Hall–Kier alpha value is -1.44. The van der Waals surface area contributed by atoms with Gasteiger partial charge in [-0.25, -0.2) is 0 Å². The van der Waals surface area contributed by atoms with Crippen LogP contribution in [0.15, 0.2) is 37.6 Å². The van der Waals surface area contributed by atoms with E-state index < -0.39 is 0 Å². The van der Waals surface area contributed by atoms with Crippen molar-refractivity contribution < 1.29 is 0 Å². The zero-order valence-electron chi connectivity index (χ0n) is 9.61. The zero-order valence-corrected chi connectivity index (χ0v) is 9.61. The molecule has 0 atom stereocenters. The lowest BCUT2D eigenvalue weighted by molar-refractivity contribution is 1.00. The average molecular weight is 199 g/mol. The van der Waals surface area contributed by atoms with E-state index >= 15 is 0 Å². The molecular weight excluding hydrogens is 181 g/mol. The summed E-state index contributed by atoms with van der Waals surface area (Å²) >= 11 is 0. The summed E-state index contributed by atoms with van der Waals surface area (Å²) in [6.45, 7) is 11.9. The van der Waals surface area contributed by atoms with Gasteiger partial charge < -0.3 is 4.48 Å². The van der Waals surface area contributed by atoms with Crippen molar-refractivity contribution in [2.75, 3.05) is 0 Å². The summed E-state index contributed by atoms with van der Waals surface area (Å²) in [7, 11) is 1.03. The molecule has 15 heavy (non-hydrogen) atoms. The molecule has 0 aromatic carbocycles. The highest BCUT2D eigenvalue weighted by molar-refractivity contribution is 6.35. The summed E-state index contributed by atoms with van der Waals surface area (Å²) < 4.78 is 2.25. The standard InChI is InChI=1S/C13H18BN/c1-5-7-12-9-10-15(14-11(3)4)13(12)8-6-2/h5-11,14H,1-2H2,3-4H3/b12-7-,13-8+. The number of hydrogen-bond donors (Lipinski definition) is 0. The third kappa shape index (κ3) is 3.02. The summed E-state index contributed by atoms with van der Waals surface area (Å²) in [6, 6.07) is 2.11. The van der Waals surface area contributed by atoms with E-state index in [1.54, 1.807) is 0 Å². The summed E-state index contributed by atoms with van der Waals surface area (Å²) in [4.78, 5) is 0. The number of rotatable bonds is 4. The summed E-state index contributed by atoms with van der Waals surface area (Å²) in [5, 5.41) is 2.41. The first-order valence-electron chi connectivity index (χ1n) is 5.29. The fourth-order valence-corrected chi connectivity index (χ4v) is 1.63. The Bertz CT molecular complexity index is 451. The molecule has 0 N–H and O–H groups in total. The Labute approximate surface area is 92.4 Å². The zero-order chi connectivity index (χ0) is 11.3. The summed E-state index contributed by atoms with van der Waals surface area (Å²) in [5.41, 5.74) is 0. The average Bonchev–Trinajstić information content (AvgIpc) is 2.51. The predicted octanol–water partition coefficient (Wildman–Crippen LogP) is 1.45. The van der Waals surface area contributed by atoms with Gasteiger partial charge in [-0.1, -0.05) is 51.1 Å². The highest BCUT2D eigenvalue weighted by Crippen LogP contribution is 1.96. The van der Waals surface area contributed by atoms with Crippen LogP contribution in [0.2, 0.25) is 5.82 Å². The SMILES string of the molecule is C=C/C=c1/ccn(BC(C)C)/c1=C/C=C. The molecule has 1 nitrogen and oxygen atoms in total. The maximum atomic E-state index is 3.75. The van der Waals surface area contributed by atoms with Crippen LogP contribution in [0.3, 0.4) is 0 Å². The molecule has 0 amide bonds. The topological polar surface area (TPSA) is 4.93 Å². The van der Waals surface area contributed by atoms with Crippen LogP contribution in [0.5, 0.6) is 0 Å². The van der Waals surface area contributed by atoms with Gasteiger partial charge in [0.05, 0.1) is 0 Å². The Morgan fingerprint density at radius 2 is 1.93 bits per heavy atom. The quantitative estimate of drug-likeness (QED) is 0.647. The Kier molecular flexibility index (Phi) is 4.23. The Morgan fingerprint density at radius 3 is 2.47 bits per heavy atom. The molecule has 0 aliphatic carbocycles. The van der Waals surface area contributed by atoms with Gasteiger partial charge in [0.15, 0.2) is 0 Å². The second-order valence-electron chi connectivity index (χ2n) is 4.01. The van der Waals surface area contributed by atoms with Gasteiger partial charge in [-0.2, -0.15) is 0 Å². The second kappa shape index (κ2) is 5.45. The third-order valence-corrected chi connectivity index (χ3v) is 2.17. The number of aromatic nitrogens is 1. The lowest BCUT2D eigenvalue weighted by Crippen LogP contribution is -2.31. The first kappa shape index (κ1) is 11.6. The minimum absolute atomic E-state index is 0.644. The van der Waals surface area contributed by atoms with E-state index in [1.807, 2.05) is 24.3 Å². The van der Waals surface area contributed by atoms with Crippen LogP contribution in [0.4, 0.5) is 0 Å². The van der Waals surface area contributed by atoms with E-state index in [9.17, 15) is 0 Å². The van der Waals surface area contributed by atoms with Gasteiger partial charge in [0.2, 0.25) is 7.41 Å². The number of nitrogens with zero attached hydrogens (tertiary/aromatic N) is 1. The lowest BCUT2D eigenvalue weighted by atomic mass is 9.78. The van der Waals surface area contributed by atoms with Crippen molar-refractivity contribution in [3.63, 3.8) is 0 Å². The van der Waals surface area contributed by atoms with E-state index in [0.717, 1.165) is 7.41 Å². The molecule has 0 bridgehead atoms. The highest BCUT2D eigenvalue weighted by Gasteiger charge is 2.00. The van der Waals surface area contributed by atoms with Crippen molar-refractivity contribution >= 4 is 19.6 Å². The molecule has 0 spiro atoms. The lowest BCUT2D eigenvalue weighted by Gasteiger charge is -2.03. The molecule has 78 valence electrons. The molecule has 0 saturated heterocycles. The van der Waals surface area contributed by atoms with Gasteiger partial charge >= 0.3 is 0 Å². The molecule has 1 aromatic rings. The van der Waals surface area contributed by atoms with E-state index in [-0.39, 0.29) is 0 Å². The molecule has 0 aliphatic rings. The maximum absolute atomic E-state index is 3.75. The predicted molar refractivity (Wildman–Crippen MR) is 70.7 cm³/mol. The van der Waals surface area contributed by atoms with Crippen LogP contribution in [-0.2, 0) is 0 Å². The normalized spacial score (nSPS) is 13.3. The Morgan fingerprint density at radius 1 is 1.27 bits per heavy atom. The van der Waals surface area contributed by atoms with Crippen molar-refractivity contribution in [1.29, 1.82) is 0 Å². The number of allylic oxidation sites excluding steroid dienone is 2. The van der Waals surface area contributed by atoms with Crippen molar-refractivity contribution in [2.45, 2.75) is 19.7 Å². The molecule has 0 unspecified atom stereocenters. The van der Waals surface area contributed by atoms with Gasteiger partial charge in [0.1, 0.15) is 0 Å². The van der Waals surface area contributed by atoms with Gasteiger partial charge in [0.25, 0.3) is 0 Å². The largest absolute Gasteiger partial charge is 0.395 e. The van der Waals surface area contributed by atoms with Crippen molar-refractivity contribution in [2.24, 2.45) is 0 Å². The van der Waals surface area contributed by atoms with Crippen molar-refractivity contribution in [3.8, 4) is 0 Å². The van der Waals surface area contributed by atoms with Crippen molar-refractivity contribution in [1.82, 2.24) is 4.48 Å². The summed E-state index contributed by atoms with van der Waals surface area (Å²) in [5.74, 6) is 0.644. The van der Waals surface area contributed by atoms with Gasteiger partial charge in [-0.3, -0.25) is 0 Å². The first-order valence-corrected chi connectivity index (χ1v) is 5.29. The van der Waals surface area contributed by atoms with Gasteiger partial charge in [0, 0.05) is 5.35 Å². The fraction of sp³-hybridized carbons (Fsp3) is 0.231. The molecule has 1 heterocycles. The first-order chi connectivity index (χ1) is 7.19. The highest BCUT2D eigenvalue weighted by atomic mass is 14.8. The van der Waals surface area contributed by atoms with Crippen LogP contribution < -0.4 is 10.6 Å². The monoisotopic (exact) mass is 199 g/mol. The van der Waals surface area contributed by atoms with Crippen LogP contribution >= 0.6 is 0 Å². The molecule has 2 heteroatoms. The molecule has 1 aromatic heterocycles. The molecule has 0 saturated carbocycles. The van der Waals surface area contributed by atoms with E-state index in [0.29, 0.717) is 5.82 Å². The molecule has 0 aliphatic heterocycles. The van der Waals surface area contributed by atoms with Crippen LogP contribution in [0.1, 0.15) is 13.8 Å². The number of hydrogen-bond acceptors (Lipinski definition) is 0. The minimum Gasteiger partial charge on any atom is -0.395 e. The molecular formula is C13H18BN. The van der Waals surface area contributed by atoms with Gasteiger partial charge in [-0.15, -0.1) is 0 Å². The van der Waals surface area contributed by atoms with Crippen LogP contribution in [-0.4, -0.2) is 11.9 Å². The maximum Gasteiger partial charge on any atom is 0.244 e. The smallest absolute Gasteiger partial charge is 0.244 e. The second-order valence-corrected chi connectivity index (χ2v) is 4.01. The van der Waals surface area contributed by atoms with Crippen molar-refractivity contribution in [3.05, 3.63) is 48.1 Å². The van der Waals surface area contributed by atoms with Crippen LogP contribution in [0.25, 0.3) is 12.2 Å².